The first-order valence-corrected chi connectivity index (χ1v) is 9.01. The van der Waals surface area contributed by atoms with Crippen molar-refractivity contribution in [1.82, 2.24) is 9.13 Å². The highest BCUT2D eigenvalue weighted by atomic mass is 35.5. The van der Waals surface area contributed by atoms with Crippen LogP contribution in [0, 0.1) is 0 Å². The lowest BCUT2D eigenvalue weighted by Gasteiger charge is -2.08. The van der Waals surface area contributed by atoms with Crippen LogP contribution in [-0.4, -0.2) is 15.0 Å². The third-order valence-corrected chi connectivity index (χ3v) is 4.39. The van der Waals surface area contributed by atoms with Gasteiger partial charge in [0.05, 0.1) is 10.6 Å². The van der Waals surface area contributed by atoms with Crippen LogP contribution in [0.4, 0.5) is 5.69 Å². The van der Waals surface area contributed by atoms with E-state index < -0.39 is 17.2 Å². The van der Waals surface area contributed by atoms with Crippen LogP contribution in [0.5, 0.6) is 11.5 Å². The van der Waals surface area contributed by atoms with Gasteiger partial charge in [-0.15, -0.1) is 0 Å². The molecule has 0 saturated carbocycles. The molecule has 148 valence electrons. The van der Waals surface area contributed by atoms with Crippen molar-refractivity contribution >= 4 is 29.3 Å². The van der Waals surface area contributed by atoms with E-state index in [0.717, 1.165) is 4.57 Å². The van der Waals surface area contributed by atoms with Gasteiger partial charge in [-0.2, -0.15) is 0 Å². The number of rotatable bonds is 5. The second kappa shape index (κ2) is 8.62. The van der Waals surface area contributed by atoms with Crippen LogP contribution in [0.25, 0.3) is 6.08 Å². The summed E-state index contributed by atoms with van der Waals surface area (Å²) in [5.74, 6) is 0.689. The summed E-state index contributed by atoms with van der Waals surface area (Å²) in [6.45, 7) is 0. The molecule has 0 aliphatic carbocycles. The SMILES string of the molecule is Cn1cc(/C=C\C(=O)Nc2ccc(Oc3ccccc3Cl)cc2)c(=O)n(C)c1=O. The molecule has 0 saturated heterocycles. The molecule has 0 fully saturated rings. The quantitative estimate of drug-likeness (QED) is 0.654. The third-order valence-electron chi connectivity index (χ3n) is 4.07. The number of hydrogen-bond acceptors (Lipinski definition) is 4. The molecule has 0 aliphatic rings. The number of hydrogen-bond donors (Lipinski definition) is 1. The molecule has 0 atom stereocenters. The first-order chi connectivity index (χ1) is 13.8. The van der Waals surface area contributed by atoms with Crippen molar-refractivity contribution in [2.45, 2.75) is 0 Å². The lowest BCUT2D eigenvalue weighted by Crippen LogP contribution is -2.37. The van der Waals surface area contributed by atoms with Crippen molar-refractivity contribution in [3.05, 3.63) is 92.2 Å². The van der Waals surface area contributed by atoms with Gasteiger partial charge in [0.15, 0.2) is 0 Å². The second-order valence-corrected chi connectivity index (χ2v) is 6.63. The van der Waals surface area contributed by atoms with Gasteiger partial charge >= 0.3 is 5.69 Å². The van der Waals surface area contributed by atoms with Crippen molar-refractivity contribution in [3.63, 3.8) is 0 Å². The Morgan fingerprint density at radius 3 is 2.45 bits per heavy atom. The van der Waals surface area contributed by atoms with Crippen LogP contribution >= 0.6 is 11.6 Å². The number of nitrogens with zero attached hydrogens (tertiary/aromatic N) is 2. The number of nitrogens with one attached hydrogen (secondary N) is 1. The second-order valence-electron chi connectivity index (χ2n) is 6.22. The number of aromatic nitrogens is 2. The van der Waals surface area contributed by atoms with Crippen LogP contribution in [-0.2, 0) is 18.9 Å². The normalized spacial score (nSPS) is 10.9. The Bertz CT molecular complexity index is 1190. The molecule has 29 heavy (non-hydrogen) atoms. The molecule has 0 aliphatic heterocycles. The average molecular weight is 412 g/mol. The molecule has 1 amide bonds. The molecule has 0 radical (unpaired) electrons. The van der Waals surface area contributed by atoms with E-state index in [4.69, 9.17) is 16.3 Å². The molecule has 1 aromatic heterocycles. The Kier molecular flexibility index (Phi) is 5.99. The van der Waals surface area contributed by atoms with E-state index in [9.17, 15) is 14.4 Å². The summed E-state index contributed by atoms with van der Waals surface area (Å²) in [6, 6.07) is 13.9. The first kappa shape index (κ1) is 20.2. The van der Waals surface area contributed by atoms with Gasteiger partial charge in [-0.25, -0.2) is 4.79 Å². The minimum Gasteiger partial charge on any atom is -0.456 e. The number of halogens is 1. The molecular formula is C21H18ClN3O4. The number of para-hydroxylation sites is 1. The lowest BCUT2D eigenvalue weighted by atomic mass is 10.2. The fraction of sp³-hybridized carbons (Fsp3) is 0.0952. The molecule has 3 aromatic rings. The van der Waals surface area contributed by atoms with Crippen LogP contribution in [0.1, 0.15) is 5.56 Å². The van der Waals surface area contributed by atoms with Crippen molar-refractivity contribution in [2.75, 3.05) is 5.32 Å². The summed E-state index contributed by atoms with van der Waals surface area (Å²) < 4.78 is 7.95. The average Bonchev–Trinajstić information content (AvgIpc) is 2.71. The van der Waals surface area contributed by atoms with Crippen LogP contribution in [0.15, 0.2) is 70.4 Å². The number of carbonyl (C=O) groups is 1. The number of ether oxygens (including phenoxy) is 1. The van der Waals surface area contributed by atoms with Gasteiger partial charge in [-0.3, -0.25) is 14.2 Å². The van der Waals surface area contributed by atoms with Gasteiger partial charge in [0.1, 0.15) is 11.5 Å². The van der Waals surface area contributed by atoms with Crippen LogP contribution in [0.2, 0.25) is 5.02 Å². The smallest absolute Gasteiger partial charge is 0.330 e. The predicted molar refractivity (Wildman–Crippen MR) is 113 cm³/mol. The van der Waals surface area contributed by atoms with Crippen molar-refractivity contribution < 1.29 is 9.53 Å². The third kappa shape index (κ3) is 4.83. The monoisotopic (exact) mass is 411 g/mol. The van der Waals surface area contributed by atoms with Crippen molar-refractivity contribution in [3.8, 4) is 11.5 Å². The van der Waals surface area contributed by atoms with Gasteiger partial charge in [0.2, 0.25) is 5.91 Å². The first-order valence-electron chi connectivity index (χ1n) is 8.63. The molecule has 2 aromatic carbocycles. The van der Waals surface area contributed by atoms with Gasteiger partial charge in [0.25, 0.3) is 5.56 Å². The minimum atomic E-state index is -0.474. The van der Waals surface area contributed by atoms with E-state index in [0.29, 0.717) is 22.2 Å². The summed E-state index contributed by atoms with van der Waals surface area (Å²) >= 11 is 6.07. The highest BCUT2D eigenvalue weighted by Crippen LogP contribution is 2.29. The van der Waals surface area contributed by atoms with Gasteiger partial charge < -0.3 is 14.6 Å². The number of carbonyl (C=O) groups excluding carboxylic acids is 1. The van der Waals surface area contributed by atoms with E-state index >= 15 is 0 Å². The lowest BCUT2D eigenvalue weighted by molar-refractivity contribution is -0.111. The highest BCUT2D eigenvalue weighted by molar-refractivity contribution is 6.32. The summed E-state index contributed by atoms with van der Waals surface area (Å²) in [7, 11) is 2.92. The maximum absolute atomic E-state index is 12.1. The number of benzene rings is 2. The summed E-state index contributed by atoms with van der Waals surface area (Å²) in [5, 5.41) is 3.19. The molecule has 0 bridgehead atoms. The molecule has 3 rings (SSSR count). The number of amides is 1. The summed E-state index contributed by atoms with van der Waals surface area (Å²) in [6.07, 6.45) is 3.98. The molecule has 1 N–H and O–H groups in total. The zero-order chi connectivity index (χ0) is 21.0. The molecule has 1 heterocycles. The molecule has 0 unspecified atom stereocenters. The van der Waals surface area contributed by atoms with Gasteiger partial charge in [-0.05, 0) is 42.5 Å². The molecule has 0 spiro atoms. The number of aryl methyl sites for hydroxylation is 1. The zero-order valence-corrected chi connectivity index (χ0v) is 16.5. The van der Waals surface area contributed by atoms with E-state index in [1.807, 2.05) is 12.1 Å². The fourth-order valence-corrected chi connectivity index (χ4v) is 2.73. The van der Waals surface area contributed by atoms with Crippen molar-refractivity contribution in [2.24, 2.45) is 14.1 Å². The van der Waals surface area contributed by atoms with E-state index in [1.54, 1.807) is 36.4 Å². The Morgan fingerprint density at radius 1 is 1.07 bits per heavy atom. The topological polar surface area (TPSA) is 82.3 Å². The molecule has 7 nitrogen and oxygen atoms in total. The van der Waals surface area contributed by atoms with E-state index in [2.05, 4.69) is 5.32 Å². The van der Waals surface area contributed by atoms with Gasteiger partial charge in [-0.1, -0.05) is 23.7 Å². The van der Waals surface area contributed by atoms with Gasteiger partial charge in [0, 0.05) is 32.1 Å². The Hall–Kier alpha value is -3.58. The van der Waals surface area contributed by atoms with Crippen LogP contribution < -0.4 is 21.3 Å². The largest absolute Gasteiger partial charge is 0.456 e. The van der Waals surface area contributed by atoms with Crippen molar-refractivity contribution in [1.29, 1.82) is 0 Å². The Labute approximate surface area is 171 Å². The maximum atomic E-state index is 12.1. The minimum absolute atomic E-state index is 0.230. The maximum Gasteiger partial charge on any atom is 0.330 e. The highest BCUT2D eigenvalue weighted by Gasteiger charge is 2.06. The zero-order valence-electron chi connectivity index (χ0n) is 15.8. The Balaban J connectivity index is 1.67. The predicted octanol–water partition coefficient (Wildman–Crippen LogP) is 3.18. The number of anilines is 1. The summed E-state index contributed by atoms with van der Waals surface area (Å²) in [5.41, 5.74) is -0.123. The fourth-order valence-electron chi connectivity index (χ4n) is 2.56. The standard InChI is InChI=1S/C21H18ClN3O4/c1-24-13-14(20(27)25(2)21(24)28)7-12-19(26)23-15-8-10-16(11-9-15)29-18-6-4-3-5-17(18)22/h3-13H,1-2H3,(H,23,26)/b12-7-. The molecular weight excluding hydrogens is 394 g/mol. The van der Waals surface area contributed by atoms with Crippen LogP contribution in [0.3, 0.4) is 0 Å². The molecule has 8 heteroatoms. The van der Waals surface area contributed by atoms with E-state index in [1.165, 1.54) is 37.0 Å². The summed E-state index contributed by atoms with van der Waals surface area (Å²) in [4.78, 5) is 35.9. The van der Waals surface area contributed by atoms with E-state index in [-0.39, 0.29) is 5.56 Å². The Morgan fingerprint density at radius 2 is 1.76 bits per heavy atom.